The van der Waals surface area contributed by atoms with E-state index in [0.717, 1.165) is 34.4 Å². The van der Waals surface area contributed by atoms with Crippen LogP contribution >= 0.6 is 0 Å². The first kappa shape index (κ1) is 24.5. The molecule has 0 spiro atoms. The Hall–Kier alpha value is -3.16. The quantitative estimate of drug-likeness (QED) is 0.166. The van der Waals surface area contributed by atoms with Crippen molar-refractivity contribution in [2.75, 3.05) is 20.8 Å². The van der Waals surface area contributed by atoms with Crippen molar-refractivity contribution in [3.05, 3.63) is 66.4 Å². The summed E-state index contributed by atoms with van der Waals surface area (Å²) in [6, 6.07) is 18.9. The van der Waals surface area contributed by atoms with E-state index in [2.05, 4.69) is 24.2 Å². The van der Waals surface area contributed by atoms with Crippen LogP contribution in [0.15, 0.2) is 60.7 Å². The van der Waals surface area contributed by atoms with E-state index in [1.807, 2.05) is 54.6 Å². The van der Waals surface area contributed by atoms with Gasteiger partial charge in [-0.05, 0) is 36.4 Å². The van der Waals surface area contributed by atoms with Gasteiger partial charge in [-0.25, -0.2) is 9.78 Å². The van der Waals surface area contributed by atoms with Gasteiger partial charge in [-0.1, -0.05) is 50.0 Å². The molecule has 7 heteroatoms. The Bertz CT molecular complexity index is 1080. The van der Waals surface area contributed by atoms with Gasteiger partial charge in [0.15, 0.2) is 0 Å². The largest absolute Gasteiger partial charge is 0.497 e. The number of rotatable bonds is 10. The molecule has 0 radical (unpaired) electrons. The van der Waals surface area contributed by atoms with Crippen molar-refractivity contribution in [1.82, 2.24) is 9.55 Å². The van der Waals surface area contributed by atoms with Gasteiger partial charge in [0.2, 0.25) is 0 Å². The standard InChI is InChI=1S/C26H32N2O4Si/c1-30-22-13-11-20(12-14-22)25-23(15-16-24(29)31-2)27-26(21-9-7-6-8-10-21)28(25)19-32-17-18-33(3,4)5/h6-16H,17-19H2,1-5H3. The van der Waals surface area contributed by atoms with E-state index in [-0.39, 0.29) is 0 Å². The maximum absolute atomic E-state index is 11.8. The van der Waals surface area contributed by atoms with Crippen molar-refractivity contribution in [3.63, 3.8) is 0 Å². The van der Waals surface area contributed by atoms with Gasteiger partial charge in [-0.2, -0.15) is 0 Å². The van der Waals surface area contributed by atoms with Crippen molar-refractivity contribution in [1.29, 1.82) is 0 Å². The number of imidazole rings is 1. The molecule has 2 aromatic carbocycles. The average molecular weight is 465 g/mol. The van der Waals surface area contributed by atoms with Crippen LogP contribution in [0.4, 0.5) is 0 Å². The van der Waals surface area contributed by atoms with Crippen molar-refractivity contribution in [2.45, 2.75) is 32.4 Å². The second-order valence-electron chi connectivity index (χ2n) is 8.90. The summed E-state index contributed by atoms with van der Waals surface area (Å²) in [4.78, 5) is 16.7. The number of methoxy groups -OCH3 is 2. The molecule has 0 amide bonds. The first-order valence-electron chi connectivity index (χ1n) is 11.0. The summed E-state index contributed by atoms with van der Waals surface area (Å²) in [5.41, 5.74) is 3.45. The molecule has 0 atom stereocenters. The van der Waals surface area contributed by atoms with Gasteiger partial charge in [-0.15, -0.1) is 0 Å². The molecule has 0 saturated carbocycles. The molecule has 3 aromatic rings. The molecule has 0 fully saturated rings. The first-order valence-corrected chi connectivity index (χ1v) is 14.7. The van der Waals surface area contributed by atoms with Crippen molar-refractivity contribution in [2.24, 2.45) is 0 Å². The minimum atomic E-state index is -1.21. The molecule has 33 heavy (non-hydrogen) atoms. The number of nitrogens with zero attached hydrogens (tertiary/aromatic N) is 2. The number of hydrogen-bond donors (Lipinski definition) is 0. The Morgan fingerprint density at radius 1 is 1.00 bits per heavy atom. The smallest absolute Gasteiger partial charge is 0.330 e. The molecule has 0 aliphatic carbocycles. The second-order valence-corrected chi connectivity index (χ2v) is 14.5. The fourth-order valence-corrected chi connectivity index (χ4v) is 4.08. The molecule has 0 saturated heterocycles. The Balaban J connectivity index is 2.10. The molecule has 0 N–H and O–H groups in total. The molecular weight excluding hydrogens is 432 g/mol. The predicted octanol–water partition coefficient (Wildman–Crippen LogP) is 5.72. The molecule has 174 valence electrons. The van der Waals surface area contributed by atoms with Gasteiger partial charge in [0.05, 0.1) is 25.6 Å². The van der Waals surface area contributed by atoms with Crippen LogP contribution in [0.2, 0.25) is 25.7 Å². The van der Waals surface area contributed by atoms with Crippen LogP contribution < -0.4 is 4.74 Å². The van der Waals surface area contributed by atoms with Crippen LogP contribution in [0.3, 0.4) is 0 Å². The van der Waals surface area contributed by atoms with E-state index < -0.39 is 14.0 Å². The van der Waals surface area contributed by atoms with Crippen molar-refractivity contribution in [3.8, 4) is 28.4 Å². The summed E-state index contributed by atoms with van der Waals surface area (Å²) in [7, 11) is 1.79. The van der Waals surface area contributed by atoms with Crippen LogP contribution in [-0.2, 0) is 21.0 Å². The number of ether oxygens (including phenoxy) is 3. The van der Waals surface area contributed by atoms with Crippen molar-refractivity contribution < 1.29 is 19.0 Å². The molecule has 1 heterocycles. The molecular formula is C26H32N2O4Si. The molecule has 0 aliphatic rings. The SMILES string of the molecule is COC(=O)C=Cc1nc(-c2ccccc2)n(COCC[Si](C)(C)C)c1-c1ccc(OC)cc1. The lowest BCUT2D eigenvalue weighted by molar-refractivity contribution is -0.134. The number of esters is 1. The number of benzene rings is 2. The highest BCUT2D eigenvalue weighted by atomic mass is 28.3. The van der Waals surface area contributed by atoms with Gasteiger partial charge >= 0.3 is 5.97 Å². The van der Waals surface area contributed by atoms with E-state index in [4.69, 9.17) is 19.2 Å². The Kier molecular flexibility index (Phi) is 8.25. The molecule has 0 unspecified atom stereocenters. The van der Waals surface area contributed by atoms with Crippen LogP contribution in [-0.4, -0.2) is 44.4 Å². The minimum absolute atomic E-state index is 0.356. The lowest BCUT2D eigenvalue weighted by Gasteiger charge is -2.17. The zero-order valence-electron chi connectivity index (χ0n) is 20.0. The highest BCUT2D eigenvalue weighted by Gasteiger charge is 2.20. The van der Waals surface area contributed by atoms with Crippen LogP contribution in [0.1, 0.15) is 5.69 Å². The molecule has 3 rings (SSSR count). The summed E-state index contributed by atoms with van der Waals surface area (Å²) in [5.74, 6) is 1.11. The van der Waals surface area contributed by atoms with Gasteiger partial charge < -0.3 is 14.2 Å². The Morgan fingerprint density at radius 2 is 1.70 bits per heavy atom. The predicted molar refractivity (Wildman–Crippen MR) is 135 cm³/mol. The molecule has 1 aromatic heterocycles. The highest BCUT2D eigenvalue weighted by Crippen LogP contribution is 2.32. The van der Waals surface area contributed by atoms with Gasteiger partial charge in [-0.3, -0.25) is 4.57 Å². The fraction of sp³-hybridized carbons (Fsp3) is 0.308. The molecule has 0 bridgehead atoms. The van der Waals surface area contributed by atoms with E-state index in [1.54, 1.807) is 13.2 Å². The first-order chi connectivity index (χ1) is 15.8. The number of hydrogen-bond acceptors (Lipinski definition) is 5. The van der Waals surface area contributed by atoms with Gasteiger partial charge in [0, 0.05) is 31.9 Å². The third-order valence-electron chi connectivity index (χ3n) is 5.19. The number of aromatic nitrogens is 2. The Morgan fingerprint density at radius 3 is 2.30 bits per heavy atom. The van der Waals surface area contributed by atoms with E-state index in [1.165, 1.54) is 13.2 Å². The average Bonchev–Trinajstić information content (AvgIpc) is 3.18. The molecule has 0 aliphatic heterocycles. The zero-order chi connectivity index (χ0) is 23.8. The Labute approximate surface area is 196 Å². The van der Waals surface area contributed by atoms with E-state index in [9.17, 15) is 4.79 Å². The summed E-state index contributed by atoms with van der Waals surface area (Å²) in [6.07, 6.45) is 3.08. The molecule has 6 nitrogen and oxygen atoms in total. The van der Waals surface area contributed by atoms with Crippen LogP contribution in [0.25, 0.3) is 28.7 Å². The normalized spacial score (nSPS) is 11.7. The summed E-state index contributed by atoms with van der Waals surface area (Å²) >= 11 is 0. The van der Waals surface area contributed by atoms with Crippen LogP contribution in [0.5, 0.6) is 5.75 Å². The topological polar surface area (TPSA) is 62.6 Å². The monoisotopic (exact) mass is 464 g/mol. The maximum atomic E-state index is 11.8. The van der Waals surface area contributed by atoms with Crippen molar-refractivity contribution >= 4 is 20.1 Å². The fourth-order valence-electron chi connectivity index (χ4n) is 3.32. The summed E-state index contributed by atoms with van der Waals surface area (Å²) in [6.45, 7) is 8.05. The summed E-state index contributed by atoms with van der Waals surface area (Å²) in [5, 5.41) is 0. The van der Waals surface area contributed by atoms with Crippen LogP contribution in [0, 0.1) is 0 Å². The maximum Gasteiger partial charge on any atom is 0.330 e. The number of carbonyl (C=O) groups excluding carboxylic acids is 1. The third-order valence-corrected chi connectivity index (χ3v) is 6.89. The zero-order valence-corrected chi connectivity index (χ0v) is 21.0. The number of carbonyl (C=O) groups is 1. The lowest BCUT2D eigenvalue weighted by Crippen LogP contribution is -2.22. The minimum Gasteiger partial charge on any atom is -0.497 e. The van der Waals surface area contributed by atoms with E-state index >= 15 is 0 Å². The summed E-state index contributed by atoms with van der Waals surface area (Å²) < 4.78 is 18.3. The van der Waals surface area contributed by atoms with E-state index in [0.29, 0.717) is 19.0 Å². The van der Waals surface area contributed by atoms with Gasteiger partial charge in [0.1, 0.15) is 18.3 Å². The lowest BCUT2D eigenvalue weighted by atomic mass is 10.1. The highest BCUT2D eigenvalue weighted by molar-refractivity contribution is 6.76. The third kappa shape index (κ3) is 6.66. The second kappa shape index (κ2) is 11.1. The van der Waals surface area contributed by atoms with Gasteiger partial charge in [0.25, 0.3) is 0 Å².